The number of methoxy groups -OCH3 is 1. The zero-order valence-corrected chi connectivity index (χ0v) is 18.1. The molecule has 156 valence electrons. The smallest absolute Gasteiger partial charge is 0.261 e. The Labute approximate surface area is 180 Å². The highest BCUT2D eigenvalue weighted by atomic mass is 35.5. The number of hydrogen-bond donors (Lipinski definition) is 1. The predicted octanol–water partition coefficient (Wildman–Crippen LogP) is 3.93. The fourth-order valence-electron chi connectivity index (χ4n) is 2.70. The van der Waals surface area contributed by atoms with Crippen molar-refractivity contribution in [3.05, 3.63) is 58.1 Å². The van der Waals surface area contributed by atoms with Crippen molar-refractivity contribution in [3.63, 3.8) is 0 Å². The summed E-state index contributed by atoms with van der Waals surface area (Å²) in [5.41, 5.74) is 0.751. The monoisotopic (exact) mass is 438 g/mol. The number of halogens is 2. The Balaban J connectivity index is 2.19. The van der Waals surface area contributed by atoms with E-state index < -0.39 is 6.04 Å². The molecule has 2 aromatic rings. The normalized spacial score (nSPS) is 11.5. The van der Waals surface area contributed by atoms with Gasteiger partial charge in [0, 0.05) is 13.1 Å². The van der Waals surface area contributed by atoms with E-state index in [0.717, 1.165) is 5.56 Å². The Hall–Kier alpha value is -2.44. The molecule has 0 bridgehead atoms. The standard InChI is InChI=1S/C21H24Cl2N2O4/c1-4-24-21(27)14(2)25(12-15-9-10-16(22)17(23)11-15)20(26)13-29-19-8-6-5-7-18(19)28-3/h5-11,14H,4,12-13H2,1-3H3,(H,24,27)/t14-/m1/s1. The SMILES string of the molecule is CCNC(=O)[C@@H](C)N(Cc1ccc(Cl)c(Cl)c1)C(=O)COc1ccccc1OC. The molecule has 0 saturated carbocycles. The lowest BCUT2D eigenvalue weighted by Gasteiger charge is -2.28. The topological polar surface area (TPSA) is 67.9 Å². The summed E-state index contributed by atoms with van der Waals surface area (Å²) in [5.74, 6) is 0.371. The lowest BCUT2D eigenvalue weighted by Crippen LogP contribution is -2.49. The lowest BCUT2D eigenvalue weighted by atomic mass is 10.1. The van der Waals surface area contributed by atoms with Crippen LogP contribution in [0.15, 0.2) is 42.5 Å². The van der Waals surface area contributed by atoms with Crippen LogP contribution in [-0.2, 0) is 16.1 Å². The highest BCUT2D eigenvalue weighted by molar-refractivity contribution is 6.42. The molecule has 0 fully saturated rings. The third-order valence-corrected chi connectivity index (χ3v) is 5.01. The van der Waals surface area contributed by atoms with E-state index in [2.05, 4.69) is 5.32 Å². The van der Waals surface area contributed by atoms with E-state index in [1.807, 2.05) is 6.92 Å². The molecule has 0 aliphatic rings. The molecule has 0 aromatic heterocycles. The number of rotatable bonds is 9. The van der Waals surface area contributed by atoms with Crippen molar-refractivity contribution in [2.75, 3.05) is 20.3 Å². The minimum Gasteiger partial charge on any atom is -0.493 e. The van der Waals surface area contributed by atoms with Crippen LogP contribution in [0.2, 0.25) is 10.0 Å². The van der Waals surface area contributed by atoms with Crippen molar-refractivity contribution in [1.82, 2.24) is 10.2 Å². The molecule has 0 spiro atoms. The van der Waals surface area contributed by atoms with E-state index in [9.17, 15) is 9.59 Å². The van der Waals surface area contributed by atoms with Gasteiger partial charge in [-0.25, -0.2) is 0 Å². The van der Waals surface area contributed by atoms with E-state index in [-0.39, 0.29) is 25.0 Å². The second-order valence-electron chi connectivity index (χ2n) is 6.28. The van der Waals surface area contributed by atoms with Crippen molar-refractivity contribution < 1.29 is 19.1 Å². The van der Waals surface area contributed by atoms with Gasteiger partial charge in [-0.2, -0.15) is 0 Å². The fraction of sp³-hybridized carbons (Fsp3) is 0.333. The number of amides is 2. The summed E-state index contributed by atoms with van der Waals surface area (Å²) in [7, 11) is 1.53. The molecule has 2 amide bonds. The molecule has 8 heteroatoms. The highest BCUT2D eigenvalue weighted by Crippen LogP contribution is 2.26. The van der Waals surface area contributed by atoms with Crippen LogP contribution in [0.4, 0.5) is 0 Å². The second kappa shape index (κ2) is 10.9. The Morgan fingerprint density at radius 2 is 1.79 bits per heavy atom. The molecular weight excluding hydrogens is 415 g/mol. The molecule has 2 rings (SSSR count). The number of para-hydroxylation sites is 2. The van der Waals surface area contributed by atoms with Crippen LogP contribution in [0.3, 0.4) is 0 Å². The van der Waals surface area contributed by atoms with Crippen molar-refractivity contribution >= 4 is 35.0 Å². The summed E-state index contributed by atoms with van der Waals surface area (Å²) in [5, 5.41) is 3.54. The summed E-state index contributed by atoms with van der Waals surface area (Å²) < 4.78 is 10.9. The van der Waals surface area contributed by atoms with Gasteiger partial charge in [0.2, 0.25) is 5.91 Å². The van der Waals surface area contributed by atoms with E-state index in [0.29, 0.717) is 28.1 Å². The quantitative estimate of drug-likeness (QED) is 0.643. The number of carbonyl (C=O) groups is 2. The van der Waals surface area contributed by atoms with Gasteiger partial charge >= 0.3 is 0 Å². The molecule has 6 nitrogen and oxygen atoms in total. The summed E-state index contributed by atoms with van der Waals surface area (Å²) in [4.78, 5) is 26.7. The summed E-state index contributed by atoms with van der Waals surface area (Å²) in [6, 6.07) is 11.4. The van der Waals surface area contributed by atoms with Crippen molar-refractivity contribution in [2.24, 2.45) is 0 Å². The van der Waals surface area contributed by atoms with Crippen LogP contribution in [0, 0.1) is 0 Å². The maximum atomic E-state index is 12.9. The first-order chi connectivity index (χ1) is 13.9. The van der Waals surface area contributed by atoms with Crippen LogP contribution in [-0.4, -0.2) is 43.0 Å². The minimum absolute atomic E-state index is 0.184. The van der Waals surface area contributed by atoms with Gasteiger partial charge in [0.15, 0.2) is 18.1 Å². The minimum atomic E-state index is -0.696. The number of nitrogens with zero attached hydrogens (tertiary/aromatic N) is 1. The average molecular weight is 439 g/mol. The summed E-state index contributed by atoms with van der Waals surface area (Å²) in [6.07, 6.45) is 0. The number of likely N-dealkylation sites (N-methyl/N-ethyl adjacent to an activating group) is 1. The van der Waals surface area contributed by atoms with Crippen molar-refractivity contribution in [3.8, 4) is 11.5 Å². The van der Waals surface area contributed by atoms with Gasteiger partial charge in [-0.05, 0) is 43.7 Å². The first-order valence-electron chi connectivity index (χ1n) is 9.14. The molecule has 0 unspecified atom stereocenters. The van der Waals surface area contributed by atoms with Gasteiger partial charge in [0.05, 0.1) is 17.2 Å². The van der Waals surface area contributed by atoms with Crippen LogP contribution in [0.25, 0.3) is 0 Å². The van der Waals surface area contributed by atoms with Gasteiger partial charge in [0.1, 0.15) is 6.04 Å². The van der Waals surface area contributed by atoms with Crippen LogP contribution in [0.1, 0.15) is 19.4 Å². The fourth-order valence-corrected chi connectivity index (χ4v) is 3.02. The Morgan fingerprint density at radius 3 is 2.41 bits per heavy atom. The predicted molar refractivity (Wildman–Crippen MR) is 114 cm³/mol. The molecule has 0 aliphatic heterocycles. The number of ether oxygens (including phenoxy) is 2. The molecule has 2 aromatic carbocycles. The Kier molecular flexibility index (Phi) is 8.61. The zero-order valence-electron chi connectivity index (χ0n) is 16.6. The molecule has 1 N–H and O–H groups in total. The molecule has 0 aliphatic carbocycles. The maximum Gasteiger partial charge on any atom is 0.261 e. The number of hydrogen-bond acceptors (Lipinski definition) is 4. The maximum absolute atomic E-state index is 12.9. The molecule has 0 radical (unpaired) electrons. The van der Waals surface area contributed by atoms with Gasteiger partial charge in [-0.1, -0.05) is 41.4 Å². The largest absolute Gasteiger partial charge is 0.493 e. The highest BCUT2D eigenvalue weighted by Gasteiger charge is 2.26. The lowest BCUT2D eigenvalue weighted by molar-refractivity contribution is -0.142. The van der Waals surface area contributed by atoms with E-state index in [1.165, 1.54) is 12.0 Å². The number of nitrogens with one attached hydrogen (secondary N) is 1. The van der Waals surface area contributed by atoms with Crippen LogP contribution < -0.4 is 14.8 Å². The Morgan fingerprint density at radius 1 is 1.10 bits per heavy atom. The zero-order chi connectivity index (χ0) is 21.4. The third kappa shape index (κ3) is 6.27. The third-order valence-electron chi connectivity index (χ3n) is 4.28. The van der Waals surface area contributed by atoms with Gasteiger partial charge < -0.3 is 19.7 Å². The van der Waals surface area contributed by atoms with Gasteiger partial charge in [-0.15, -0.1) is 0 Å². The van der Waals surface area contributed by atoms with Crippen molar-refractivity contribution in [2.45, 2.75) is 26.4 Å². The number of carbonyl (C=O) groups excluding carboxylic acids is 2. The average Bonchev–Trinajstić information content (AvgIpc) is 2.72. The molecule has 1 atom stereocenters. The summed E-state index contributed by atoms with van der Waals surface area (Å²) in [6.45, 7) is 3.90. The Bertz CT molecular complexity index is 860. The second-order valence-corrected chi connectivity index (χ2v) is 7.09. The van der Waals surface area contributed by atoms with Crippen LogP contribution >= 0.6 is 23.2 Å². The molecule has 29 heavy (non-hydrogen) atoms. The van der Waals surface area contributed by atoms with Gasteiger partial charge in [-0.3, -0.25) is 9.59 Å². The first-order valence-corrected chi connectivity index (χ1v) is 9.89. The van der Waals surface area contributed by atoms with E-state index in [1.54, 1.807) is 49.4 Å². The molecule has 0 heterocycles. The molecule has 0 saturated heterocycles. The number of benzene rings is 2. The van der Waals surface area contributed by atoms with E-state index >= 15 is 0 Å². The van der Waals surface area contributed by atoms with Gasteiger partial charge in [0.25, 0.3) is 5.91 Å². The molecular formula is C21H24Cl2N2O4. The first kappa shape index (κ1) is 22.8. The van der Waals surface area contributed by atoms with E-state index in [4.69, 9.17) is 32.7 Å². The van der Waals surface area contributed by atoms with Crippen LogP contribution in [0.5, 0.6) is 11.5 Å². The van der Waals surface area contributed by atoms with Crippen molar-refractivity contribution in [1.29, 1.82) is 0 Å². The summed E-state index contributed by atoms with van der Waals surface area (Å²) >= 11 is 12.1.